The normalized spacial score (nSPS) is 14.0. The molecule has 0 unspecified atom stereocenters. The first-order valence-corrected chi connectivity index (χ1v) is 7.40. The third kappa shape index (κ3) is 3.08. The Labute approximate surface area is 128 Å². The minimum Gasteiger partial charge on any atom is -0.487 e. The van der Waals surface area contributed by atoms with Gasteiger partial charge in [0.25, 0.3) is 5.24 Å². The molecule has 0 N–H and O–H groups in total. The van der Waals surface area contributed by atoms with Gasteiger partial charge in [-0.25, -0.2) is 0 Å². The van der Waals surface area contributed by atoms with Gasteiger partial charge in [-0.1, -0.05) is 12.1 Å². The molecule has 1 aliphatic carbocycles. The van der Waals surface area contributed by atoms with Gasteiger partial charge in [0.2, 0.25) is 0 Å². The Bertz CT molecular complexity index is 680. The van der Waals surface area contributed by atoms with Gasteiger partial charge in [-0.3, -0.25) is 9.78 Å². The van der Waals surface area contributed by atoms with Crippen LogP contribution in [0.15, 0.2) is 36.5 Å². The van der Waals surface area contributed by atoms with Crippen LogP contribution in [0.3, 0.4) is 0 Å². The number of nitrogens with zero attached hydrogens (tertiary/aromatic N) is 1. The van der Waals surface area contributed by atoms with Crippen molar-refractivity contribution < 1.29 is 9.53 Å². The SMILES string of the molecule is Cc1ncccc1OCc1c(C(=O)Cl)cccc1C1CC1. The van der Waals surface area contributed by atoms with Crippen LogP contribution >= 0.6 is 11.6 Å². The summed E-state index contributed by atoms with van der Waals surface area (Å²) in [5.74, 6) is 1.27. The van der Waals surface area contributed by atoms with Crippen molar-refractivity contribution in [2.75, 3.05) is 0 Å². The van der Waals surface area contributed by atoms with E-state index < -0.39 is 5.24 Å². The molecule has 1 aromatic heterocycles. The maximum atomic E-state index is 11.6. The van der Waals surface area contributed by atoms with E-state index in [0.717, 1.165) is 17.0 Å². The standard InChI is InChI=1S/C17H16ClNO2/c1-11-16(6-3-9-19-11)21-10-15-13(12-7-8-12)4-2-5-14(15)17(18)20/h2-6,9,12H,7-8,10H2,1H3. The number of benzene rings is 1. The lowest BCUT2D eigenvalue weighted by molar-refractivity contribution is 0.107. The summed E-state index contributed by atoms with van der Waals surface area (Å²) >= 11 is 5.71. The molecular weight excluding hydrogens is 286 g/mol. The number of hydrogen-bond acceptors (Lipinski definition) is 3. The predicted octanol–water partition coefficient (Wildman–Crippen LogP) is 4.23. The number of aryl methyl sites for hydroxylation is 1. The largest absolute Gasteiger partial charge is 0.487 e. The molecule has 0 bridgehead atoms. The fraction of sp³-hybridized carbons (Fsp3) is 0.294. The number of aromatic nitrogens is 1. The molecule has 3 nitrogen and oxygen atoms in total. The quantitative estimate of drug-likeness (QED) is 0.776. The third-order valence-electron chi connectivity index (χ3n) is 3.77. The van der Waals surface area contributed by atoms with Gasteiger partial charge in [-0.05, 0) is 61.0 Å². The van der Waals surface area contributed by atoms with E-state index in [9.17, 15) is 4.79 Å². The zero-order valence-corrected chi connectivity index (χ0v) is 12.6. The van der Waals surface area contributed by atoms with E-state index in [4.69, 9.17) is 16.3 Å². The molecule has 3 rings (SSSR count). The Morgan fingerprint density at radius 3 is 2.81 bits per heavy atom. The van der Waals surface area contributed by atoms with E-state index in [1.165, 1.54) is 18.4 Å². The Morgan fingerprint density at radius 2 is 2.14 bits per heavy atom. The first-order chi connectivity index (χ1) is 10.2. The lowest BCUT2D eigenvalue weighted by atomic mass is 9.99. The smallest absolute Gasteiger partial charge is 0.252 e. The summed E-state index contributed by atoms with van der Waals surface area (Å²) in [6.07, 6.45) is 4.06. The van der Waals surface area contributed by atoms with Crippen LogP contribution in [0.25, 0.3) is 0 Å². The van der Waals surface area contributed by atoms with Crippen molar-refractivity contribution in [1.29, 1.82) is 0 Å². The minimum atomic E-state index is -0.431. The van der Waals surface area contributed by atoms with Crippen LogP contribution in [0.2, 0.25) is 0 Å². The molecule has 1 saturated carbocycles. The average Bonchev–Trinajstić information content (AvgIpc) is 3.30. The summed E-state index contributed by atoms with van der Waals surface area (Å²) in [6, 6.07) is 9.43. The van der Waals surface area contributed by atoms with Crippen LogP contribution in [0, 0.1) is 6.92 Å². The molecule has 21 heavy (non-hydrogen) atoms. The fourth-order valence-corrected chi connectivity index (χ4v) is 2.68. The molecule has 0 saturated heterocycles. The molecule has 0 amide bonds. The summed E-state index contributed by atoms with van der Waals surface area (Å²) in [6.45, 7) is 2.24. The van der Waals surface area contributed by atoms with Crippen LogP contribution in [-0.4, -0.2) is 10.2 Å². The van der Waals surface area contributed by atoms with Gasteiger partial charge >= 0.3 is 0 Å². The minimum absolute atomic E-state index is 0.340. The number of carbonyl (C=O) groups is 1. The maximum absolute atomic E-state index is 11.6. The van der Waals surface area contributed by atoms with Gasteiger partial charge in [0.1, 0.15) is 12.4 Å². The van der Waals surface area contributed by atoms with Crippen LogP contribution in [0.4, 0.5) is 0 Å². The summed E-state index contributed by atoms with van der Waals surface area (Å²) in [5, 5.41) is -0.431. The highest BCUT2D eigenvalue weighted by molar-refractivity contribution is 6.67. The zero-order chi connectivity index (χ0) is 14.8. The number of carbonyl (C=O) groups excluding carboxylic acids is 1. The van der Waals surface area contributed by atoms with Crippen molar-refractivity contribution in [2.45, 2.75) is 32.3 Å². The highest BCUT2D eigenvalue weighted by atomic mass is 35.5. The van der Waals surface area contributed by atoms with Crippen LogP contribution in [0.5, 0.6) is 5.75 Å². The molecule has 0 aliphatic heterocycles. The van der Waals surface area contributed by atoms with E-state index in [2.05, 4.69) is 11.1 Å². The molecule has 1 heterocycles. The molecule has 1 aromatic carbocycles. The first kappa shape index (κ1) is 14.1. The average molecular weight is 302 g/mol. The fourth-order valence-electron chi connectivity index (χ4n) is 2.50. The Morgan fingerprint density at radius 1 is 1.33 bits per heavy atom. The number of hydrogen-bond donors (Lipinski definition) is 0. The molecule has 0 radical (unpaired) electrons. The van der Waals surface area contributed by atoms with E-state index >= 15 is 0 Å². The second kappa shape index (κ2) is 5.86. The molecule has 2 aromatic rings. The van der Waals surface area contributed by atoms with Crippen molar-refractivity contribution in [3.63, 3.8) is 0 Å². The summed E-state index contributed by atoms with van der Waals surface area (Å²) in [5.41, 5.74) is 3.47. The van der Waals surface area contributed by atoms with Crippen molar-refractivity contribution in [2.24, 2.45) is 0 Å². The maximum Gasteiger partial charge on any atom is 0.252 e. The summed E-state index contributed by atoms with van der Waals surface area (Å²) in [7, 11) is 0. The summed E-state index contributed by atoms with van der Waals surface area (Å²) in [4.78, 5) is 15.8. The molecular formula is C17H16ClNO2. The number of ether oxygens (including phenoxy) is 1. The second-order valence-corrected chi connectivity index (χ2v) is 5.64. The zero-order valence-electron chi connectivity index (χ0n) is 11.8. The molecule has 1 aliphatic rings. The monoisotopic (exact) mass is 301 g/mol. The number of halogens is 1. The van der Waals surface area contributed by atoms with Gasteiger partial charge in [-0.2, -0.15) is 0 Å². The van der Waals surface area contributed by atoms with Gasteiger partial charge in [0, 0.05) is 17.3 Å². The third-order valence-corrected chi connectivity index (χ3v) is 3.98. The molecule has 0 spiro atoms. The van der Waals surface area contributed by atoms with Gasteiger partial charge in [-0.15, -0.1) is 0 Å². The van der Waals surface area contributed by atoms with E-state index in [1.54, 1.807) is 12.3 Å². The molecule has 108 valence electrons. The van der Waals surface area contributed by atoms with Crippen LogP contribution < -0.4 is 4.74 Å². The van der Waals surface area contributed by atoms with Gasteiger partial charge in [0.05, 0.1) is 5.69 Å². The first-order valence-electron chi connectivity index (χ1n) is 7.03. The topological polar surface area (TPSA) is 39.2 Å². The second-order valence-electron chi connectivity index (χ2n) is 5.30. The van der Waals surface area contributed by atoms with Gasteiger partial charge < -0.3 is 4.74 Å². The van der Waals surface area contributed by atoms with Gasteiger partial charge in [0.15, 0.2) is 0 Å². The lowest BCUT2D eigenvalue weighted by Crippen LogP contribution is -2.07. The van der Waals surface area contributed by atoms with Crippen LogP contribution in [0.1, 0.15) is 45.9 Å². The Balaban J connectivity index is 1.90. The lowest BCUT2D eigenvalue weighted by Gasteiger charge is -2.14. The Hall–Kier alpha value is -1.87. The Kier molecular flexibility index (Phi) is 3.93. The van der Waals surface area contributed by atoms with E-state index in [1.807, 2.05) is 25.1 Å². The highest BCUT2D eigenvalue weighted by Crippen LogP contribution is 2.42. The van der Waals surface area contributed by atoms with Crippen LogP contribution in [-0.2, 0) is 6.61 Å². The van der Waals surface area contributed by atoms with E-state index in [0.29, 0.717) is 18.1 Å². The van der Waals surface area contributed by atoms with E-state index in [-0.39, 0.29) is 0 Å². The van der Waals surface area contributed by atoms with Crippen molar-refractivity contribution >= 4 is 16.8 Å². The predicted molar refractivity (Wildman–Crippen MR) is 81.9 cm³/mol. The van der Waals surface area contributed by atoms with Crippen molar-refractivity contribution in [1.82, 2.24) is 4.98 Å². The van der Waals surface area contributed by atoms with Crippen molar-refractivity contribution in [3.8, 4) is 5.75 Å². The molecule has 0 atom stereocenters. The number of rotatable bonds is 5. The van der Waals surface area contributed by atoms with Crippen molar-refractivity contribution in [3.05, 3.63) is 58.9 Å². The summed E-state index contributed by atoms with van der Waals surface area (Å²) < 4.78 is 5.86. The number of pyridine rings is 1. The highest BCUT2D eigenvalue weighted by Gasteiger charge is 2.28. The molecule has 1 fully saturated rings. The molecule has 4 heteroatoms.